The second-order valence-corrected chi connectivity index (χ2v) is 10.6. The molecule has 0 spiro atoms. The number of nitrogens with two attached hydrogens (primary N) is 2. The highest BCUT2D eigenvalue weighted by molar-refractivity contribution is 5.95. The molecule has 0 bridgehead atoms. The molecule has 11 N–H and O–H groups in total. The molecule has 0 unspecified atom stereocenters. The fourth-order valence-corrected chi connectivity index (χ4v) is 4.18. The molecule has 0 saturated carbocycles. The van der Waals surface area contributed by atoms with Crippen molar-refractivity contribution in [3.8, 4) is 0 Å². The number of amides is 5. The largest absolute Gasteiger partial charge is 0.480 e. The van der Waals surface area contributed by atoms with Crippen molar-refractivity contribution in [2.45, 2.75) is 77.5 Å². The summed E-state index contributed by atoms with van der Waals surface area (Å²) >= 11 is 0. The van der Waals surface area contributed by atoms with Gasteiger partial charge in [-0.05, 0) is 37.5 Å². The molecule has 5 amide bonds. The lowest BCUT2D eigenvalue weighted by Crippen LogP contribution is -2.57. The number of carboxylic acid groups (broad SMARTS) is 1. The third-order valence-electron chi connectivity index (χ3n) is 6.56. The standard InChI is InChI=1S/C25H45N9O7/c1-13(2)19(26)22(39)32-15(7-5-9-29-25(27)28)24(41)34-10-6-8-16(34)21(38)30-11-17(35)33-20(14(3)4)23(40)31-12-18(36)37/h13-16,19-20H,5-12,26H2,1-4H3,(H,30,38)(H,31,40)(H,32,39)(H,33,35)(H,36,37)(H4,27,28,29)/t15-,16-,19-,20-/m0/s1. The van der Waals surface area contributed by atoms with Crippen LogP contribution in [0, 0.1) is 17.2 Å². The van der Waals surface area contributed by atoms with Crippen molar-refractivity contribution in [3.63, 3.8) is 0 Å². The minimum atomic E-state index is -1.23. The SMILES string of the molecule is CC(C)[C@H](N)C(=O)N[C@@H](CCCNC(=N)N)C(=O)N1CCC[C@H]1C(=O)NCC(=O)N[C@H](C(=O)NCC(=O)O)C(C)C. The minimum absolute atomic E-state index is 0.167. The van der Waals surface area contributed by atoms with Gasteiger partial charge in [0.1, 0.15) is 24.7 Å². The smallest absolute Gasteiger partial charge is 0.322 e. The number of nitrogens with zero attached hydrogens (tertiary/aromatic N) is 1. The van der Waals surface area contributed by atoms with E-state index in [1.54, 1.807) is 27.7 Å². The number of hydrogen-bond acceptors (Lipinski definition) is 8. The lowest BCUT2D eigenvalue weighted by atomic mass is 10.0. The van der Waals surface area contributed by atoms with Crippen molar-refractivity contribution >= 4 is 41.5 Å². The number of aliphatic carboxylic acids is 1. The molecule has 0 radical (unpaired) electrons. The van der Waals surface area contributed by atoms with E-state index >= 15 is 0 Å². The van der Waals surface area contributed by atoms with Gasteiger partial charge in [-0.2, -0.15) is 0 Å². The second kappa shape index (κ2) is 17.0. The fraction of sp³-hybridized carbons (Fsp3) is 0.720. The minimum Gasteiger partial charge on any atom is -0.480 e. The molecule has 0 aromatic rings. The van der Waals surface area contributed by atoms with Gasteiger partial charge in [-0.25, -0.2) is 0 Å². The summed E-state index contributed by atoms with van der Waals surface area (Å²) < 4.78 is 0. The first-order valence-electron chi connectivity index (χ1n) is 13.7. The van der Waals surface area contributed by atoms with Crippen LogP contribution < -0.4 is 38.1 Å². The molecule has 232 valence electrons. The van der Waals surface area contributed by atoms with Gasteiger partial charge in [0, 0.05) is 13.1 Å². The van der Waals surface area contributed by atoms with Gasteiger partial charge in [0.25, 0.3) is 0 Å². The third kappa shape index (κ3) is 12.0. The zero-order valence-corrected chi connectivity index (χ0v) is 24.1. The number of hydrogen-bond donors (Lipinski definition) is 9. The molecule has 16 heteroatoms. The first kappa shape index (κ1) is 35.1. The van der Waals surface area contributed by atoms with Gasteiger partial charge < -0.3 is 48.1 Å². The summed E-state index contributed by atoms with van der Waals surface area (Å²) in [5, 5.41) is 28.6. The van der Waals surface area contributed by atoms with E-state index in [-0.39, 0.29) is 30.8 Å². The van der Waals surface area contributed by atoms with Crippen LogP contribution in [0.15, 0.2) is 0 Å². The molecular formula is C25H45N9O7. The summed E-state index contributed by atoms with van der Waals surface area (Å²) in [6, 6.07) is -3.68. The van der Waals surface area contributed by atoms with Crippen molar-refractivity contribution in [2.75, 3.05) is 26.2 Å². The number of carbonyl (C=O) groups excluding carboxylic acids is 5. The van der Waals surface area contributed by atoms with Crippen LogP contribution in [0.3, 0.4) is 0 Å². The molecular weight excluding hydrogens is 538 g/mol. The van der Waals surface area contributed by atoms with Crippen molar-refractivity contribution in [2.24, 2.45) is 23.3 Å². The van der Waals surface area contributed by atoms with E-state index in [1.165, 1.54) is 4.90 Å². The maximum atomic E-state index is 13.5. The number of nitrogens with one attached hydrogen (secondary N) is 6. The van der Waals surface area contributed by atoms with Crippen molar-refractivity contribution in [1.82, 2.24) is 31.5 Å². The van der Waals surface area contributed by atoms with Crippen molar-refractivity contribution in [3.05, 3.63) is 0 Å². The van der Waals surface area contributed by atoms with Crippen LogP contribution in [0.2, 0.25) is 0 Å². The average molecular weight is 584 g/mol. The summed E-state index contributed by atoms with van der Waals surface area (Å²) in [5.41, 5.74) is 11.3. The van der Waals surface area contributed by atoms with Gasteiger partial charge in [-0.3, -0.25) is 34.2 Å². The summed E-state index contributed by atoms with van der Waals surface area (Å²) in [7, 11) is 0. The first-order valence-corrected chi connectivity index (χ1v) is 13.7. The van der Waals surface area contributed by atoms with Gasteiger partial charge in [0.15, 0.2) is 5.96 Å². The lowest BCUT2D eigenvalue weighted by molar-refractivity contribution is -0.142. The Balaban J connectivity index is 2.85. The Morgan fingerprint density at radius 1 is 0.951 bits per heavy atom. The first-order chi connectivity index (χ1) is 19.1. The fourth-order valence-electron chi connectivity index (χ4n) is 4.18. The lowest BCUT2D eigenvalue weighted by Gasteiger charge is -2.30. The van der Waals surface area contributed by atoms with Crippen molar-refractivity contribution in [1.29, 1.82) is 5.41 Å². The Bertz CT molecular complexity index is 973. The molecule has 0 aromatic carbocycles. The zero-order valence-electron chi connectivity index (χ0n) is 24.1. The van der Waals surface area contributed by atoms with E-state index in [1.807, 2.05) is 0 Å². The number of likely N-dealkylation sites (tertiary alicyclic amines) is 1. The predicted molar refractivity (Wildman–Crippen MR) is 149 cm³/mol. The third-order valence-corrected chi connectivity index (χ3v) is 6.56. The van der Waals surface area contributed by atoms with Gasteiger partial charge in [-0.15, -0.1) is 0 Å². The monoisotopic (exact) mass is 583 g/mol. The Labute approximate surface area is 239 Å². The molecule has 16 nitrogen and oxygen atoms in total. The van der Waals surface area contributed by atoms with E-state index in [0.717, 1.165) is 0 Å². The van der Waals surface area contributed by atoms with Crippen LogP contribution in [0.1, 0.15) is 53.4 Å². The number of rotatable bonds is 16. The highest BCUT2D eigenvalue weighted by Crippen LogP contribution is 2.20. The topological polar surface area (TPSA) is 262 Å². The van der Waals surface area contributed by atoms with E-state index in [4.69, 9.17) is 22.0 Å². The maximum absolute atomic E-state index is 13.5. The summed E-state index contributed by atoms with van der Waals surface area (Å²) in [6.45, 7) is 6.41. The summed E-state index contributed by atoms with van der Waals surface area (Å²) in [6.07, 6.45) is 1.50. The predicted octanol–water partition coefficient (Wildman–Crippen LogP) is -2.83. The van der Waals surface area contributed by atoms with E-state index in [9.17, 15) is 28.8 Å². The average Bonchev–Trinajstić information content (AvgIpc) is 3.39. The normalized spacial score (nSPS) is 16.9. The van der Waals surface area contributed by atoms with Gasteiger partial charge >= 0.3 is 5.97 Å². The van der Waals surface area contributed by atoms with Crippen LogP contribution in [-0.4, -0.2) is 102 Å². The molecule has 1 rings (SSSR count). The van der Waals surface area contributed by atoms with Crippen molar-refractivity contribution < 1.29 is 33.9 Å². The van der Waals surface area contributed by atoms with Gasteiger partial charge in [0.05, 0.1) is 12.6 Å². The quantitative estimate of drug-likeness (QED) is 0.0510. The highest BCUT2D eigenvalue weighted by Gasteiger charge is 2.38. The van der Waals surface area contributed by atoms with Crippen LogP contribution in [0.25, 0.3) is 0 Å². The molecule has 0 aliphatic carbocycles. The molecule has 0 aromatic heterocycles. The zero-order chi connectivity index (χ0) is 31.3. The molecule has 1 saturated heterocycles. The van der Waals surface area contributed by atoms with E-state index < -0.39 is 72.8 Å². The molecule has 4 atom stereocenters. The Hall–Kier alpha value is -3.95. The van der Waals surface area contributed by atoms with Gasteiger partial charge in [-0.1, -0.05) is 27.7 Å². The Morgan fingerprint density at radius 3 is 2.17 bits per heavy atom. The summed E-state index contributed by atoms with van der Waals surface area (Å²) in [4.78, 5) is 76.0. The van der Waals surface area contributed by atoms with Crippen LogP contribution in [-0.2, 0) is 28.8 Å². The molecule has 1 aliphatic rings. The van der Waals surface area contributed by atoms with E-state index in [2.05, 4.69) is 26.6 Å². The van der Waals surface area contributed by atoms with Crippen LogP contribution >= 0.6 is 0 Å². The molecule has 1 aliphatic heterocycles. The van der Waals surface area contributed by atoms with E-state index in [0.29, 0.717) is 25.8 Å². The van der Waals surface area contributed by atoms with Crippen LogP contribution in [0.5, 0.6) is 0 Å². The number of carboxylic acids is 1. The molecule has 1 heterocycles. The molecule has 41 heavy (non-hydrogen) atoms. The number of carbonyl (C=O) groups is 6. The Morgan fingerprint density at radius 2 is 1.61 bits per heavy atom. The number of guanidine groups is 1. The maximum Gasteiger partial charge on any atom is 0.322 e. The van der Waals surface area contributed by atoms with Gasteiger partial charge in [0.2, 0.25) is 29.5 Å². The summed E-state index contributed by atoms with van der Waals surface area (Å²) in [5.74, 6) is -4.83. The molecule has 1 fully saturated rings. The highest BCUT2D eigenvalue weighted by atomic mass is 16.4. The van der Waals surface area contributed by atoms with Crippen LogP contribution in [0.4, 0.5) is 0 Å². The Kier molecular flexibility index (Phi) is 14.5. The second-order valence-electron chi connectivity index (χ2n) is 10.6.